The number of carbonyl (C=O) groups is 2. The molecule has 2 aromatic carbocycles. The molecule has 0 radical (unpaired) electrons. The van der Waals surface area contributed by atoms with Gasteiger partial charge in [-0.3, -0.25) is 4.79 Å². The topological polar surface area (TPSA) is 92.9 Å². The van der Waals surface area contributed by atoms with Crippen LogP contribution in [0.15, 0.2) is 74.7 Å². The predicted octanol–water partition coefficient (Wildman–Crippen LogP) is 4.06. The van der Waals surface area contributed by atoms with Gasteiger partial charge >= 0.3 is 5.97 Å². The number of hydrogen-bond acceptors (Lipinski definition) is 6. The molecule has 29 heavy (non-hydrogen) atoms. The zero-order valence-corrected chi connectivity index (χ0v) is 17.1. The summed E-state index contributed by atoms with van der Waals surface area (Å²) in [6.45, 7) is 0.0860. The highest BCUT2D eigenvalue weighted by atomic mass is 79.9. The number of halogens is 1. The zero-order chi connectivity index (χ0) is 20.6. The van der Waals surface area contributed by atoms with E-state index in [1.165, 1.54) is 13.3 Å². The van der Waals surface area contributed by atoms with E-state index in [2.05, 4.69) is 31.8 Å². The monoisotopic (exact) mass is 455 g/mol. The van der Waals surface area contributed by atoms with Crippen molar-refractivity contribution in [2.45, 2.75) is 0 Å². The third-order valence-corrected chi connectivity index (χ3v) is 4.40. The summed E-state index contributed by atoms with van der Waals surface area (Å²) >= 11 is 3.36. The molecule has 0 aliphatic carbocycles. The standard InChI is InChI=1S/C21H18BrN3O4/c1-28-21(27)15-4-2-3-14(11-15)19-10-9-18(29-19)12-24-25-20(26)13-23-17-7-5-16(22)6-8-17/h2-12,23H,13H2,1H3,(H,25,26)/b24-12-. The maximum atomic E-state index is 11.9. The second-order valence-electron chi connectivity index (χ2n) is 5.93. The van der Waals surface area contributed by atoms with Crippen LogP contribution >= 0.6 is 15.9 Å². The highest BCUT2D eigenvalue weighted by molar-refractivity contribution is 9.10. The third-order valence-electron chi connectivity index (χ3n) is 3.87. The van der Waals surface area contributed by atoms with Gasteiger partial charge in [-0.2, -0.15) is 5.10 Å². The van der Waals surface area contributed by atoms with Crippen molar-refractivity contribution < 1.29 is 18.7 Å². The maximum Gasteiger partial charge on any atom is 0.337 e. The number of nitrogens with one attached hydrogen (secondary N) is 2. The number of methoxy groups -OCH3 is 1. The number of amides is 1. The van der Waals surface area contributed by atoms with Gasteiger partial charge in [0.05, 0.1) is 25.4 Å². The molecule has 0 aliphatic heterocycles. The molecule has 3 aromatic rings. The van der Waals surface area contributed by atoms with Gasteiger partial charge < -0.3 is 14.5 Å². The van der Waals surface area contributed by atoms with E-state index in [1.807, 2.05) is 30.3 Å². The molecule has 0 fully saturated rings. The Kier molecular flexibility index (Phi) is 6.80. The van der Waals surface area contributed by atoms with Crippen LogP contribution < -0.4 is 10.7 Å². The summed E-state index contributed by atoms with van der Waals surface area (Å²) in [5.41, 5.74) is 4.43. The number of hydrogen-bond donors (Lipinski definition) is 2. The van der Waals surface area contributed by atoms with Gasteiger partial charge in [-0.05, 0) is 48.5 Å². The van der Waals surface area contributed by atoms with Gasteiger partial charge in [0.2, 0.25) is 0 Å². The lowest BCUT2D eigenvalue weighted by molar-refractivity contribution is -0.119. The number of esters is 1. The molecule has 148 valence electrons. The van der Waals surface area contributed by atoms with Gasteiger partial charge in [-0.25, -0.2) is 10.2 Å². The minimum absolute atomic E-state index is 0.0860. The molecule has 0 aliphatic rings. The quantitative estimate of drug-likeness (QED) is 0.318. The lowest BCUT2D eigenvalue weighted by Gasteiger charge is -2.04. The summed E-state index contributed by atoms with van der Waals surface area (Å²) in [4.78, 5) is 23.5. The number of furan rings is 1. The molecular weight excluding hydrogens is 438 g/mol. The van der Waals surface area contributed by atoms with E-state index >= 15 is 0 Å². The largest absolute Gasteiger partial charge is 0.465 e. The fourth-order valence-electron chi connectivity index (χ4n) is 2.45. The third kappa shape index (κ3) is 5.79. The highest BCUT2D eigenvalue weighted by Crippen LogP contribution is 2.23. The number of benzene rings is 2. The van der Waals surface area contributed by atoms with Crippen molar-refractivity contribution in [3.63, 3.8) is 0 Å². The smallest absolute Gasteiger partial charge is 0.337 e. The van der Waals surface area contributed by atoms with E-state index in [1.54, 1.807) is 30.3 Å². The summed E-state index contributed by atoms with van der Waals surface area (Å²) in [6, 6.07) is 17.9. The second-order valence-corrected chi connectivity index (χ2v) is 6.84. The Morgan fingerprint density at radius 2 is 1.93 bits per heavy atom. The number of rotatable bonds is 7. The SMILES string of the molecule is COC(=O)c1cccc(-c2ccc(/C=N\NC(=O)CNc3ccc(Br)cc3)o2)c1. The van der Waals surface area contributed by atoms with Crippen LogP contribution in [0.2, 0.25) is 0 Å². The van der Waals surface area contributed by atoms with Gasteiger partial charge in [0.1, 0.15) is 11.5 Å². The lowest BCUT2D eigenvalue weighted by Crippen LogP contribution is -2.25. The maximum absolute atomic E-state index is 11.9. The van der Waals surface area contributed by atoms with Crippen LogP contribution in [0.1, 0.15) is 16.1 Å². The number of nitrogens with zero attached hydrogens (tertiary/aromatic N) is 1. The van der Waals surface area contributed by atoms with Crippen LogP contribution in [0.25, 0.3) is 11.3 Å². The average Bonchev–Trinajstić information content (AvgIpc) is 3.22. The molecule has 1 amide bonds. The fraction of sp³-hybridized carbons (Fsp3) is 0.0952. The molecule has 1 heterocycles. The number of hydrazone groups is 1. The molecule has 0 unspecified atom stereocenters. The summed E-state index contributed by atoms with van der Waals surface area (Å²) in [5, 5.41) is 6.89. The first-order chi connectivity index (χ1) is 14.0. The van der Waals surface area contributed by atoms with Crippen LogP contribution in [0, 0.1) is 0 Å². The van der Waals surface area contributed by atoms with Crippen LogP contribution in [0.3, 0.4) is 0 Å². The molecule has 8 heteroatoms. The van der Waals surface area contributed by atoms with Gasteiger partial charge in [0, 0.05) is 15.7 Å². The van der Waals surface area contributed by atoms with Gasteiger partial charge in [0.25, 0.3) is 5.91 Å². The van der Waals surface area contributed by atoms with Gasteiger partial charge in [0.15, 0.2) is 0 Å². The summed E-state index contributed by atoms with van der Waals surface area (Å²) in [6.07, 6.45) is 1.41. The zero-order valence-electron chi connectivity index (χ0n) is 15.5. The van der Waals surface area contributed by atoms with E-state index in [0.717, 1.165) is 15.7 Å². The molecule has 0 spiro atoms. The van der Waals surface area contributed by atoms with E-state index < -0.39 is 5.97 Å². The molecule has 1 aromatic heterocycles. The lowest BCUT2D eigenvalue weighted by atomic mass is 10.1. The molecule has 0 saturated carbocycles. The highest BCUT2D eigenvalue weighted by Gasteiger charge is 2.09. The minimum Gasteiger partial charge on any atom is -0.465 e. The summed E-state index contributed by atoms with van der Waals surface area (Å²) < 4.78 is 11.4. The molecule has 0 bridgehead atoms. The first-order valence-electron chi connectivity index (χ1n) is 8.65. The van der Waals surface area contributed by atoms with Crippen molar-refractivity contribution in [2.24, 2.45) is 5.10 Å². The summed E-state index contributed by atoms with van der Waals surface area (Å²) in [7, 11) is 1.33. The van der Waals surface area contributed by atoms with E-state index in [4.69, 9.17) is 9.15 Å². The van der Waals surface area contributed by atoms with Crippen molar-refractivity contribution in [2.75, 3.05) is 19.0 Å². The fourth-order valence-corrected chi connectivity index (χ4v) is 2.72. The number of anilines is 1. The Labute approximate surface area is 175 Å². The predicted molar refractivity (Wildman–Crippen MR) is 114 cm³/mol. The van der Waals surface area contributed by atoms with Crippen molar-refractivity contribution in [3.05, 3.63) is 76.5 Å². The van der Waals surface area contributed by atoms with Gasteiger partial charge in [-0.1, -0.05) is 28.1 Å². The first-order valence-corrected chi connectivity index (χ1v) is 9.44. The Morgan fingerprint density at radius 3 is 2.69 bits per heavy atom. The molecular formula is C21H18BrN3O4. The molecule has 0 atom stereocenters. The van der Waals surface area contributed by atoms with Crippen molar-refractivity contribution in [1.29, 1.82) is 0 Å². The molecule has 7 nitrogen and oxygen atoms in total. The first kappa shape index (κ1) is 20.3. The molecule has 2 N–H and O–H groups in total. The van der Waals surface area contributed by atoms with Crippen molar-refractivity contribution in [3.8, 4) is 11.3 Å². The van der Waals surface area contributed by atoms with Crippen LogP contribution in [0.4, 0.5) is 5.69 Å². The molecule has 0 saturated heterocycles. The van der Waals surface area contributed by atoms with Crippen molar-refractivity contribution >= 4 is 39.7 Å². The van der Waals surface area contributed by atoms with Crippen molar-refractivity contribution in [1.82, 2.24) is 5.43 Å². The molecule has 3 rings (SSSR count). The van der Waals surface area contributed by atoms with E-state index in [9.17, 15) is 9.59 Å². The Bertz CT molecular complexity index is 1030. The number of carbonyl (C=O) groups excluding carboxylic acids is 2. The second kappa shape index (κ2) is 9.70. The van der Waals surface area contributed by atoms with Crippen LogP contribution in [0.5, 0.6) is 0 Å². The van der Waals surface area contributed by atoms with E-state index in [0.29, 0.717) is 17.1 Å². The Balaban J connectivity index is 1.54. The normalized spacial score (nSPS) is 10.7. The Morgan fingerprint density at radius 1 is 1.14 bits per heavy atom. The van der Waals surface area contributed by atoms with Crippen LogP contribution in [-0.4, -0.2) is 31.7 Å². The number of ether oxygens (including phenoxy) is 1. The van der Waals surface area contributed by atoms with Crippen LogP contribution in [-0.2, 0) is 9.53 Å². The average molecular weight is 456 g/mol. The van der Waals surface area contributed by atoms with E-state index in [-0.39, 0.29) is 12.5 Å². The van der Waals surface area contributed by atoms with Gasteiger partial charge in [-0.15, -0.1) is 0 Å². The Hall–Kier alpha value is -3.39. The minimum atomic E-state index is -0.417. The summed E-state index contributed by atoms with van der Waals surface area (Å²) in [5.74, 6) is 0.325.